The maximum atomic E-state index is 11.9. The number of urea groups is 1. The first-order valence-electron chi connectivity index (χ1n) is 15.6. The van der Waals surface area contributed by atoms with E-state index in [0.29, 0.717) is 19.1 Å². The highest BCUT2D eigenvalue weighted by Gasteiger charge is 2.34. The molecule has 3 unspecified atom stereocenters. The second-order valence-electron chi connectivity index (χ2n) is 11.6. The fourth-order valence-electron chi connectivity index (χ4n) is 6.23. The molecule has 3 N–H and O–H groups in total. The van der Waals surface area contributed by atoms with Crippen LogP contribution in [0.5, 0.6) is 0 Å². The summed E-state index contributed by atoms with van der Waals surface area (Å²) in [5.74, 6) is 0. The Bertz CT molecular complexity index is 1340. The SMILES string of the molecule is C=CCN(CC1CC(c2ccc(CO)cc2)OC(c2cccc(-c3cccc(CNC(=O)NCC)c3)c2)O1)C1CCCC1. The van der Waals surface area contributed by atoms with Crippen LogP contribution in [0.15, 0.2) is 85.5 Å². The van der Waals surface area contributed by atoms with Gasteiger partial charge in [-0.15, -0.1) is 6.58 Å². The number of rotatable bonds is 12. The van der Waals surface area contributed by atoms with E-state index in [-0.39, 0.29) is 24.8 Å². The largest absolute Gasteiger partial charge is 0.392 e. The quantitative estimate of drug-likeness (QED) is 0.208. The number of hydrogen-bond donors (Lipinski definition) is 3. The molecule has 0 bridgehead atoms. The monoisotopic (exact) mass is 583 g/mol. The minimum absolute atomic E-state index is 0.00542. The van der Waals surface area contributed by atoms with Gasteiger partial charge in [-0.2, -0.15) is 0 Å². The van der Waals surface area contributed by atoms with Crippen LogP contribution < -0.4 is 10.6 Å². The number of aliphatic hydroxyl groups excluding tert-OH is 1. The third kappa shape index (κ3) is 8.33. The zero-order valence-electron chi connectivity index (χ0n) is 25.2. The molecule has 1 aliphatic heterocycles. The van der Waals surface area contributed by atoms with Crippen molar-refractivity contribution in [2.24, 2.45) is 0 Å². The van der Waals surface area contributed by atoms with Crippen LogP contribution in [0, 0.1) is 0 Å². The average Bonchev–Trinajstić information content (AvgIpc) is 3.59. The van der Waals surface area contributed by atoms with E-state index < -0.39 is 6.29 Å². The van der Waals surface area contributed by atoms with Gasteiger partial charge in [-0.05, 0) is 59.7 Å². The Morgan fingerprint density at radius 3 is 2.42 bits per heavy atom. The molecular formula is C36H45N3O4. The Balaban J connectivity index is 1.37. The van der Waals surface area contributed by atoms with Crippen LogP contribution in [0.1, 0.15) is 73.7 Å². The van der Waals surface area contributed by atoms with Crippen LogP contribution in [-0.2, 0) is 22.6 Å². The van der Waals surface area contributed by atoms with Gasteiger partial charge in [-0.3, -0.25) is 4.90 Å². The van der Waals surface area contributed by atoms with E-state index in [4.69, 9.17) is 9.47 Å². The molecule has 1 heterocycles. The van der Waals surface area contributed by atoms with Gasteiger partial charge in [0.25, 0.3) is 0 Å². The summed E-state index contributed by atoms with van der Waals surface area (Å²) in [5.41, 5.74) is 6.11. The van der Waals surface area contributed by atoms with Crippen LogP contribution >= 0.6 is 0 Å². The highest BCUT2D eigenvalue weighted by Crippen LogP contribution is 2.39. The van der Waals surface area contributed by atoms with Gasteiger partial charge in [0.2, 0.25) is 0 Å². The molecule has 7 nitrogen and oxygen atoms in total. The highest BCUT2D eigenvalue weighted by atomic mass is 16.7. The molecule has 1 saturated heterocycles. The number of nitrogens with zero attached hydrogens (tertiary/aromatic N) is 1. The fraction of sp³-hybridized carbons (Fsp3) is 0.417. The lowest BCUT2D eigenvalue weighted by atomic mass is 9.98. The van der Waals surface area contributed by atoms with E-state index >= 15 is 0 Å². The number of hydrogen-bond acceptors (Lipinski definition) is 5. The van der Waals surface area contributed by atoms with Gasteiger partial charge < -0.3 is 25.2 Å². The molecule has 228 valence electrons. The normalized spacial score (nSPS) is 20.7. The Labute approximate surface area is 255 Å². The van der Waals surface area contributed by atoms with Crippen molar-refractivity contribution in [3.63, 3.8) is 0 Å². The summed E-state index contributed by atoms with van der Waals surface area (Å²) in [4.78, 5) is 14.4. The van der Waals surface area contributed by atoms with E-state index in [1.165, 1.54) is 25.7 Å². The summed E-state index contributed by atoms with van der Waals surface area (Å²) >= 11 is 0. The molecule has 2 amide bonds. The zero-order valence-corrected chi connectivity index (χ0v) is 25.2. The van der Waals surface area contributed by atoms with Crippen molar-refractivity contribution in [2.75, 3.05) is 19.6 Å². The Kier molecular flexibility index (Phi) is 11.0. The number of aliphatic hydroxyl groups is 1. The molecule has 0 aromatic heterocycles. The standard InChI is InChI=1S/C36H45N3O4/c1-3-19-39(32-13-5-6-14-32)24-33-22-34(28-17-15-26(25-40)16-18-28)43-35(42-33)31-12-8-11-30(21-31)29-10-7-9-27(20-29)23-38-36(41)37-4-2/h3,7-12,15-18,20-21,32-35,40H,1,4-6,13-14,19,22-25H2,2H3,(H2,37,38,41). The lowest BCUT2D eigenvalue weighted by Gasteiger charge is -2.39. The van der Waals surface area contributed by atoms with Gasteiger partial charge in [0.1, 0.15) is 0 Å². The van der Waals surface area contributed by atoms with Crippen molar-refractivity contribution in [3.05, 3.63) is 108 Å². The maximum Gasteiger partial charge on any atom is 0.315 e. The third-order valence-corrected chi connectivity index (χ3v) is 8.47. The predicted molar refractivity (Wildman–Crippen MR) is 170 cm³/mol. The molecule has 1 aliphatic carbocycles. The van der Waals surface area contributed by atoms with Crippen LogP contribution in [0.3, 0.4) is 0 Å². The summed E-state index contributed by atoms with van der Waals surface area (Å²) < 4.78 is 13.4. The molecular weight excluding hydrogens is 538 g/mol. The van der Waals surface area contributed by atoms with Crippen molar-refractivity contribution >= 4 is 6.03 Å². The predicted octanol–water partition coefficient (Wildman–Crippen LogP) is 6.64. The second kappa shape index (κ2) is 15.3. The maximum absolute atomic E-state index is 11.9. The van der Waals surface area contributed by atoms with E-state index in [9.17, 15) is 9.90 Å². The fourth-order valence-corrected chi connectivity index (χ4v) is 6.23. The van der Waals surface area contributed by atoms with E-state index in [1.54, 1.807) is 0 Å². The zero-order chi connectivity index (χ0) is 30.0. The summed E-state index contributed by atoms with van der Waals surface area (Å²) in [6.07, 6.45) is 7.14. The minimum Gasteiger partial charge on any atom is -0.392 e. The van der Waals surface area contributed by atoms with Gasteiger partial charge in [0, 0.05) is 44.2 Å². The smallest absolute Gasteiger partial charge is 0.315 e. The summed E-state index contributed by atoms with van der Waals surface area (Å²) in [6.45, 7) is 8.68. The van der Waals surface area contributed by atoms with E-state index in [1.807, 2.05) is 43.3 Å². The van der Waals surface area contributed by atoms with Crippen molar-refractivity contribution in [2.45, 2.75) is 76.7 Å². The first kappa shape index (κ1) is 31.0. The number of benzene rings is 3. The van der Waals surface area contributed by atoms with Crippen LogP contribution in [-0.4, -0.2) is 47.8 Å². The lowest BCUT2D eigenvalue weighted by molar-refractivity contribution is -0.253. The molecule has 2 fully saturated rings. The number of carbonyl (C=O) groups excluding carboxylic acids is 1. The summed E-state index contributed by atoms with van der Waals surface area (Å²) in [5, 5.41) is 15.2. The van der Waals surface area contributed by atoms with Gasteiger partial charge >= 0.3 is 6.03 Å². The molecule has 1 saturated carbocycles. The van der Waals surface area contributed by atoms with E-state index in [2.05, 4.69) is 64.6 Å². The molecule has 3 aromatic rings. The first-order chi connectivity index (χ1) is 21.1. The Hall–Kier alpha value is -3.49. The average molecular weight is 584 g/mol. The first-order valence-corrected chi connectivity index (χ1v) is 15.6. The van der Waals surface area contributed by atoms with Crippen molar-refractivity contribution in [3.8, 4) is 11.1 Å². The van der Waals surface area contributed by atoms with Crippen LogP contribution in [0.2, 0.25) is 0 Å². The van der Waals surface area contributed by atoms with Gasteiger partial charge in [-0.1, -0.05) is 79.6 Å². The molecule has 43 heavy (non-hydrogen) atoms. The molecule has 3 atom stereocenters. The number of amides is 2. The Morgan fingerprint density at radius 1 is 0.953 bits per heavy atom. The molecule has 0 spiro atoms. The van der Waals surface area contributed by atoms with Crippen LogP contribution in [0.4, 0.5) is 4.79 Å². The Morgan fingerprint density at radius 2 is 1.70 bits per heavy atom. The van der Waals surface area contributed by atoms with Gasteiger partial charge in [-0.25, -0.2) is 4.79 Å². The number of carbonyl (C=O) groups is 1. The minimum atomic E-state index is -0.516. The lowest BCUT2D eigenvalue weighted by Crippen LogP contribution is -2.43. The van der Waals surface area contributed by atoms with Crippen molar-refractivity contribution in [1.82, 2.24) is 15.5 Å². The van der Waals surface area contributed by atoms with Gasteiger partial charge in [0.15, 0.2) is 6.29 Å². The molecule has 0 radical (unpaired) electrons. The second-order valence-corrected chi connectivity index (χ2v) is 11.6. The molecule has 2 aliphatic rings. The third-order valence-electron chi connectivity index (χ3n) is 8.47. The number of ether oxygens (including phenoxy) is 2. The number of nitrogens with one attached hydrogen (secondary N) is 2. The molecule has 5 rings (SSSR count). The highest BCUT2D eigenvalue weighted by molar-refractivity contribution is 5.74. The molecule has 3 aromatic carbocycles. The summed E-state index contributed by atoms with van der Waals surface area (Å²) in [7, 11) is 0. The van der Waals surface area contributed by atoms with Gasteiger partial charge in [0.05, 0.1) is 18.8 Å². The topological polar surface area (TPSA) is 83.1 Å². The van der Waals surface area contributed by atoms with Crippen LogP contribution in [0.25, 0.3) is 11.1 Å². The molecule has 7 heteroatoms. The van der Waals surface area contributed by atoms with Crippen molar-refractivity contribution < 1.29 is 19.4 Å². The summed E-state index contributed by atoms with van der Waals surface area (Å²) in [6, 6.07) is 25.0. The van der Waals surface area contributed by atoms with Crippen molar-refractivity contribution in [1.29, 1.82) is 0 Å². The van der Waals surface area contributed by atoms with E-state index in [0.717, 1.165) is 52.9 Å².